The molecule has 1 aliphatic heterocycles. The third-order valence-corrected chi connectivity index (χ3v) is 4.07. The maximum atomic E-state index is 4.67. The van der Waals surface area contributed by atoms with Gasteiger partial charge in [0.15, 0.2) is 0 Å². The van der Waals surface area contributed by atoms with Gasteiger partial charge in [-0.25, -0.2) is 9.97 Å². The molecule has 0 aliphatic carbocycles. The van der Waals surface area contributed by atoms with Crippen LogP contribution >= 0.6 is 0 Å². The van der Waals surface area contributed by atoms with E-state index in [1.807, 2.05) is 6.92 Å². The molecule has 0 aromatic carbocycles. The number of hydrogen-bond donors (Lipinski definition) is 1. The number of aromatic nitrogens is 2. The van der Waals surface area contributed by atoms with Gasteiger partial charge in [-0.1, -0.05) is 0 Å². The van der Waals surface area contributed by atoms with Gasteiger partial charge in [0.1, 0.15) is 17.5 Å². The third-order valence-electron chi connectivity index (χ3n) is 4.07. The molecule has 1 aromatic rings. The lowest BCUT2D eigenvalue weighted by Crippen LogP contribution is -2.42. The largest absolute Gasteiger partial charge is 0.370 e. The average Bonchev–Trinajstić information content (AvgIpc) is 2.43. The standard InChI is InChI=1S/C15H27N5/c1-6-16-14-11(2)15(18-12(3)17-14)20-9-7-13(8-10-20)19(4)5/h13H,6-10H2,1-5H3,(H,16,17,18). The molecule has 1 N–H and O–H groups in total. The fourth-order valence-corrected chi connectivity index (χ4v) is 2.86. The van der Waals surface area contributed by atoms with E-state index in [2.05, 4.69) is 53.0 Å². The van der Waals surface area contributed by atoms with E-state index in [0.717, 1.165) is 37.1 Å². The van der Waals surface area contributed by atoms with Crippen LogP contribution in [0.3, 0.4) is 0 Å². The van der Waals surface area contributed by atoms with Crippen molar-refractivity contribution in [2.75, 3.05) is 43.9 Å². The number of hydrogen-bond acceptors (Lipinski definition) is 5. The topological polar surface area (TPSA) is 44.3 Å². The maximum absolute atomic E-state index is 4.67. The number of nitrogens with one attached hydrogen (secondary N) is 1. The van der Waals surface area contributed by atoms with E-state index in [0.29, 0.717) is 6.04 Å². The summed E-state index contributed by atoms with van der Waals surface area (Å²) in [4.78, 5) is 13.9. The van der Waals surface area contributed by atoms with Crippen LogP contribution in [0.4, 0.5) is 11.6 Å². The van der Waals surface area contributed by atoms with Crippen LogP contribution in [0.15, 0.2) is 0 Å². The van der Waals surface area contributed by atoms with Crippen LogP contribution in [0.25, 0.3) is 0 Å². The van der Waals surface area contributed by atoms with Crippen molar-refractivity contribution in [1.29, 1.82) is 0 Å². The van der Waals surface area contributed by atoms with Crippen molar-refractivity contribution in [2.45, 2.75) is 39.7 Å². The number of nitrogens with zero attached hydrogens (tertiary/aromatic N) is 4. The van der Waals surface area contributed by atoms with Crippen molar-refractivity contribution in [2.24, 2.45) is 0 Å². The lowest BCUT2D eigenvalue weighted by molar-refractivity contribution is 0.249. The molecular weight excluding hydrogens is 250 g/mol. The Hall–Kier alpha value is -1.36. The van der Waals surface area contributed by atoms with Crippen LogP contribution in [0.1, 0.15) is 31.2 Å². The second-order valence-corrected chi connectivity index (χ2v) is 5.78. The molecule has 112 valence electrons. The van der Waals surface area contributed by atoms with Crippen LogP contribution in [0, 0.1) is 13.8 Å². The molecule has 2 heterocycles. The minimum Gasteiger partial charge on any atom is -0.370 e. The molecule has 20 heavy (non-hydrogen) atoms. The molecule has 5 nitrogen and oxygen atoms in total. The Morgan fingerprint density at radius 3 is 2.40 bits per heavy atom. The van der Waals surface area contributed by atoms with Crippen LogP contribution in [0.2, 0.25) is 0 Å². The first-order valence-corrected chi connectivity index (χ1v) is 7.53. The molecule has 1 aliphatic rings. The van der Waals surface area contributed by atoms with Crippen molar-refractivity contribution < 1.29 is 0 Å². The summed E-state index contributed by atoms with van der Waals surface area (Å²) in [5.74, 6) is 2.92. The summed E-state index contributed by atoms with van der Waals surface area (Å²) < 4.78 is 0. The monoisotopic (exact) mass is 277 g/mol. The molecule has 0 bridgehead atoms. The van der Waals surface area contributed by atoms with Gasteiger partial charge in [-0.15, -0.1) is 0 Å². The molecule has 0 spiro atoms. The Morgan fingerprint density at radius 1 is 1.20 bits per heavy atom. The van der Waals surface area contributed by atoms with E-state index in [1.54, 1.807) is 0 Å². The number of rotatable bonds is 4. The molecule has 1 saturated heterocycles. The van der Waals surface area contributed by atoms with E-state index in [-0.39, 0.29) is 0 Å². The first kappa shape index (κ1) is 15.0. The fraction of sp³-hybridized carbons (Fsp3) is 0.733. The van der Waals surface area contributed by atoms with Crippen molar-refractivity contribution in [1.82, 2.24) is 14.9 Å². The summed E-state index contributed by atoms with van der Waals surface area (Å²) in [6.07, 6.45) is 2.40. The zero-order valence-corrected chi connectivity index (χ0v) is 13.4. The minimum atomic E-state index is 0.697. The summed E-state index contributed by atoms with van der Waals surface area (Å²) >= 11 is 0. The molecule has 0 unspecified atom stereocenters. The van der Waals surface area contributed by atoms with Gasteiger partial charge >= 0.3 is 0 Å². The Labute approximate surface area is 122 Å². The fourth-order valence-electron chi connectivity index (χ4n) is 2.86. The Bertz CT molecular complexity index is 450. The van der Waals surface area contributed by atoms with Gasteiger partial charge < -0.3 is 15.1 Å². The summed E-state index contributed by atoms with van der Waals surface area (Å²) in [5, 5.41) is 3.34. The Balaban J connectivity index is 2.17. The summed E-state index contributed by atoms with van der Waals surface area (Å²) in [5.41, 5.74) is 1.17. The van der Waals surface area contributed by atoms with Gasteiger partial charge in [-0.05, 0) is 47.7 Å². The third kappa shape index (κ3) is 3.20. The normalized spacial score (nSPS) is 16.8. The van der Waals surface area contributed by atoms with Crippen LogP contribution < -0.4 is 10.2 Å². The lowest BCUT2D eigenvalue weighted by Gasteiger charge is -2.36. The molecule has 0 amide bonds. The highest BCUT2D eigenvalue weighted by Gasteiger charge is 2.23. The van der Waals surface area contributed by atoms with Crippen molar-refractivity contribution >= 4 is 11.6 Å². The second-order valence-electron chi connectivity index (χ2n) is 5.78. The smallest absolute Gasteiger partial charge is 0.137 e. The van der Waals surface area contributed by atoms with Crippen molar-refractivity contribution in [3.05, 3.63) is 11.4 Å². The SMILES string of the molecule is CCNc1nc(C)nc(N2CCC(N(C)C)CC2)c1C. The molecule has 1 aromatic heterocycles. The first-order valence-electron chi connectivity index (χ1n) is 7.53. The van der Waals surface area contributed by atoms with Gasteiger partial charge in [0.25, 0.3) is 0 Å². The number of anilines is 2. The highest BCUT2D eigenvalue weighted by molar-refractivity contribution is 5.58. The highest BCUT2D eigenvalue weighted by atomic mass is 15.2. The van der Waals surface area contributed by atoms with E-state index in [1.165, 1.54) is 18.4 Å². The van der Waals surface area contributed by atoms with Crippen LogP contribution in [-0.2, 0) is 0 Å². The quantitative estimate of drug-likeness (QED) is 0.912. The predicted molar refractivity (Wildman–Crippen MR) is 84.6 cm³/mol. The van der Waals surface area contributed by atoms with E-state index < -0.39 is 0 Å². The first-order chi connectivity index (χ1) is 9.52. The van der Waals surface area contributed by atoms with Crippen molar-refractivity contribution in [3.63, 3.8) is 0 Å². The molecule has 1 fully saturated rings. The highest BCUT2D eigenvalue weighted by Crippen LogP contribution is 2.26. The molecular formula is C15H27N5. The maximum Gasteiger partial charge on any atom is 0.137 e. The van der Waals surface area contributed by atoms with Crippen LogP contribution in [-0.4, -0.2) is 54.6 Å². The van der Waals surface area contributed by atoms with Crippen molar-refractivity contribution in [3.8, 4) is 0 Å². The van der Waals surface area contributed by atoms with E-state index in [4.69, 9.17) is 0 Å². The number of piperidine rings is 1. The van der Waals surface area contributed by atoms with Crippen LogP contribution in [0.5, 0.6) is 0 Å². The lowest BCUT2D eigenvalue weighted by atomic mass is 10.0. The molecule has 2 rings (SSSR count). The molecule has 0 atom stereocenters. The molecule has 0 radical (unpaired) electrons. The Kier molecular flexibility index (Phi) is 4.81. The Morgan fingerprint density at radius 2 is 1.85 bits per heavy atom. The van der Waals surface area contributed by atoms with Gasteiger partial charge in [0, 0.05) is 31.2 Å². The summed E-state index contributed by atoms with van der Waals surface area (Å²) in [7, 11) is 4.34. The molecule has 5 heteroatoms. The summed E-state index contributed by atoms with van der Waals surface area (Å²) in [6.45, 7) is 9.22. The minimum absolute atomic E-state index is 0.697. The van der Waals surface area contributed by atoms with E-state index in [9.17, 15) is 0 Å². The summed E-state index contributed by atoms with van der Waals surface area (Å²) in [6, 6.07) is 0.697. The predicted octanol–water partition coefficient (Wildman–Crippen LogP) is 2.06. The zero-order chi connectivity index (χ0) is 14.7. The van der Waals surface area contributed by atoms with Gasteiger partial charge in [-0.3, -0.25) is 0 Å². The van der Waals surface area contributed by atoms with Gasteiger partial charge in [0.05, 0.1) is 0 Å². The number of aryl methyl sites for hydroxylation is 1. The molecule has 0 saturated carbocycles. The zero-order valence-electron chi connectivity index (χ0n) is 13.4. The second kappa shape index (κ2) is 6.39. The van der Waals surface area contributed by atoms with Gasteiger partial charge in [-0.2, -0.15) is 0 Å². The van der Waals surface area contributed by atoms with Gasteiger partial charge in [0.2, 0.25) is 0 Å². The van der Waals surface area contributed by atoms with E-state index >= 15 is 0 Å². The average molecular weight is 277 g/mol.